The van der Waals surface area contributed by atoms with Crippen LogP contribution in [-0.2, 0) is 0 Å². The van der Waals surface area contributed by atoms with Crippen molar-refractivity contribution in [1.82, 2.24) is 30.4 Å². The van der Waals surface area contributed by atoms with E-state index < -0.39 is 16.5 Å². The number of aromatic nitrogens is 6. The molecule has 0 spiro atoms. The van der Waals surface area contributed by atoms with Gasteiger partial charge in [-0.25, -0.2) is 5.10 Å². The molecule has 3 aromatic heterocycles. The third kappa shape index (κ3) is 2.28. The zero-order valence-corrected chi connectivity index (χ0v) is 13.9. The molecule has 0 radical (unpaired) electrons. The van der Waals surface area contributed by atoms with Gasteiger partial charge in [0.25, 0.3) is 11.2 Å². The fourth-order valence-electron chi connectivity index (χ4n) is 3.23. The summed E-state index contributed by atoms with van der Waals surface area (Å²) in [4.78, 5) is 23.0. The van der Waals surface area contributed by atoms with Gasteiger partial charge in [0.15, 0.2) is 5.76 Å². The van der Waals surface area contributed by atoms with E-state index in [0.717, 1.165) is 0 Å². The molecule has 0 saturated carbocycles. The van der Waals surface area contributed by atoms with E-state index in [1.165, 1.54) is 23.1 Å². The molecule has 0 aliphatic carbocycles. The summed E-state index contributed by atoms with van der Waals surface area (Å²) in [5.41, 5.74) is 1.26. The zero-order chi connectivity index (χ0) is 19.3. The van der Waals surface area contributed by atoms with Gasteiger partial charge in [0.05, 0.1) is 11.2 Å². The van der Waals surface area contributed by atoms with Crippen LogP contribution in [0.4, 0.5) is 17.3 Å². The van der Waals surface area contributed by atoms with Crippen molar-refractivity contribution in [2.45, 2.75) is 6.04 Å². The second-order valence-electron chi connectivity index (χ2n) is 5.99. The van der Waals surface area contributed by atoms with E-state index in [1.54, 1.807) is 24.3 Å². The van der Waals surface area contributed by atoms with Gasteiger partial charge in [-0.2, -0.15) is 9.78 Å². The van der Waals surface area contributed by atoms with E-state index >= 15 is 0 Å². The molecule has 0 fully saturated rings. The highest BCUT2D eigenvalue weighted by Crippen LogP contribution is 2.41. The van der Waals surface area contributed by atoms with Crippen molar-refractivity contribution in [2.75, 3.05) is 5.32 Å². The van der Waals surface area contributed by atoms with Crippen LogP contribution in [0.1, 0.15) is 17.2 Å². The Morgan fingerprint density at radius 3 is 2.75 bits per heavy atom. The van der Waals surface area contributed by atoms with Crippen LogP contribution in [-0.4, -0.2) is 35.3 Å². The number of nitrogens with zero attached hydrogens (tertiary/aromatic N) is 6. The predicted octanol–water partition coefficient (Wildman–Crippen LogP) is 1.62. The number of rotatable bonds is 3. The highest BCUT2D eigenvalue weighted by Gasteiger charge is 2.35. The Balaban J connectivity index is 1.78. The maximum atomic E-state index is 12.5. The van der Waals surface area contributed by atoms with E-state index in [0.29, 0.717) is 22.6 Å². The van der Waals surface area contributed by atoms with Gasteiger partial charge < -0.3 is 9.73 Å². The number of aromatic amines is 1. The average molecular weight is 378 g/mol. The SMILES string of the molecule is O=c1[nH]nc(-c2ccco2)c2c1Nc1nnnn1C2c1ccc([N+](=O)[O-])cc1. The van der Waals surface area contributed by atoms with Crippen LogP contribution in [0.15, 0.2) is 51.9 Å². The molecular weight excluding hydrogens is 368 g/mol. The molecule has 12 heteroatoms. The molecule has 0 saturated heterocycles. The van der Waals surface area contributed by atoms with E-state index in [2.05, 4.69) is 31.0 Å². The van der Waals surface area contributed by atoms with Crippen LogP contribution in [0.3, 0.4) is 0 Å². The number of H-pyrrole nitrogens is 1. The average Bonchev–Trinajstić information content (AvgIpc) is 3.39. The van der Waals surface area contributed by atoms with Gasteiger partial charge in [0, 0.05) is 17.7 Å². The van der Waals surface area contributed by atoms with Gasteiger partial charge in [0.2, 0.25) is 5.95 Å². The standard InChI is InChI=1S/C16H10N8O4/c25-15-13-11(12(18-19-15)10-2-1-7-28-10)14(23-16(17-13)20-21-22-23)8-3-5-9(6-4-8)24(26)27/h1-7,14H,(H,19,25)(H,17,20,22). The van der Waals surface area contributed by atoms with Crippen LogP contribution in [0.25, 0.3) is 11.5 Å². The predicted molar refractivity (Wildman–Crippen MR) is 94.0 cm³/mol. The van der Waals surface area contributed by atoms with Gasteiger partial charge in [-0.05, 0) is 40.3 Å². The molecule has 1 unspecified atom stereocenters. The largest absolute Gasteiger partial charge is 0.463 e. The van der Waals surface area contributed by atoms with Gasteiger partial charge in [-0.3, -0.25) is 14.9 Å². The Hall–Kier alpha value is -4.35. The lowest BCUT2D eigenvalue weighted by molar-refractivity contribution is -0.384. The molecule has 12 nitrogen and oxygen atoms in total. The molecular formula is C16H10N8O4. The van der Waals surface area contributed by atoms with Crippen LogP contribution >= 0.6 is 0 Å². The number of hydrogen-bond donors (Lipinski definition) is 2. The molecule has 2 N–H and O–H groups in total. The van der Waals surface area contributed by atoms with Crippen LogP contribution in [0, 0.1) is 10.1 Å². The fourth-order valence-corrected chi connectivity index (χ4v) is 3.23. The lowest BCUT2D eigenvalue weighted by Crippen LogP contribution is -2.29. The summed E-state index contributed by atoms with van der Waals surface area (Å²) in [6, 6.07) is 8.73. The fraction of sp³-hybridized carbons (Fsp3) is 0.0625. The van der Waals surface area contributed by atoms with E-state index in [4.69, 9.17) is 4.42 Å². The van der Waals surface area contributed by atoms with Crippen molar-refractivity contribution in [3.05, 3.63) is 74.3 Å². The Kier molecular flexibility index (Phi) is 3.31. The molecule has 1 atom stereocenters. The number of fused-ring (bicyclic) bond motifs is 2. The topological polar surface area (TPSA) is 158 Å². The van der Waals surface area contributed by atoms with Gasteiger partial charge in [-0.1, -0.05) is 5.10 Å². The molecule has 28 heavy (non-hydrogen) atoms. The van der Waals surface area contributed by atoms with Gasteiger partial charge in [0.1, 0.15) is 17.4 Å². The highest BCUT2D eigenvalue weighted by atomic mass is 16.6. The van der Waals surface area contributed by atoms with Gasteiger partial charge in [-0.15, -0.1) is 0 Å². The number of non-ortho nitro benzene ring substituents is 1. The maximum Gasteiger partial charge on any atom is 0.288 e. The molecule has 1 aliphatic heterocycles. The second-order valence-corrected chi connectivity index (χ2v) is 5.99. The molecule has 4 heterocycles. The molecule has 5 rings (SSSR count). The molecule has 0 amide bonds. The number of tetrazole rings is 1. The van der Waals surface area contributed by atoms with Crippen LogP contribution < -0.4 is 10.9 Å². The summed E-state index contributed by atoms with van der Waals surface area (Å²) in [6.45, 7) is 0. The first-order chi connectivity index (χ1) is 13.6. The Labute approximate surface area is 155 Å². The summed E-state index contributed by atoms with van der Waals surface area (Å²) >= 11 is 0. The third-order valence-electron chi connectivity index (χ3n) is 4.44. The van der Waals surface area contributed by atoms with E-state index in [1.807, 2.05) is 0 Å². The summed E-state index contributed by atoms with van der Waals surface area (Å²) in [6.07, 6.45) is 1.49. The van der Waals surface area contributed by atoms with Gasteiger partial charge >= 0.3 is 0 Å². The number of nitro groups is 1. The summed E-state index contributed by atoms with van der Waals surface area (Å²) in [5, 5.41) is 32.1. The third-order valence-corrected chi connectivity index (χ3v) is 4.44. The van der Waals surface area contributed by atoms with Crippen molar-refractivity contribution >= 4 is 17.3 Å². The van der Waals surface area contributed by atoms with Crippen molar-refractivity contribution in [1.29, 1.82) is 0 Å². The first kappa shape index (κ1) is 15.9. The highest BCUT2D eigenvalue weighted by molar-refractivity contribution is 5.73. The number of nitro benzene ring substituents is 1. The summed E-state index contributed by atoms with van der Waals surface area (Å²) < 4.78 is 6.95. The Morgan fingerprint density at radius 2 is 2.04 bits per heavy atom. The first-order valence-electron chi connectivity index (χ1n) is 8.09. The normalized spacial score (nSPS) is 14.8. The number of anilines is 2. The molecule has 0 bridgehead atoms. The number of nitrogens with one attached hydrogen (secondary N) is 2. The lowest BCUT2D eigenvalue weighted by Gasteiger charge is -2.27. The van der Waals surface area contributed by atoms with Crippen molar-refractivity contribution in [3.8, 4) is 11.5 Å². The minimum absolute atomic E-state index is 0.0508. The molecule has 1 aliphatic rings. The Bertz CT molecular complexity index is 1240. The monoisotopic (exact) mass is 378 g/mol. The lowest BCUT2D eigenvalue weighted by atomic mass is 9.94. The minimum Gasteiger partial charge on any atom is -0.463 e. The molecule has 1 aromatic carbocycles. The van der Waals surface area contributed by atoms with E-state index in [-0.39, 0.29) is 17.3 Å². The summed E-state index contributed by atoms with van der Waals surface area (Å²) in [7, 11) is 0. The van der Waals surface area contributed by atoms with Crippen LogP contribution in [0.2, 0.25) is 0 Å². The number of benzene rings is 1. The number of hydrogen-bond acceptors (Lipinski definition) is 9. The number of furan rings is 1. The molecule has 4 aromatic rings. The minimum atomic E-state index is -0.642. The van der Waals surface area contributed by atoms with E-state index in [9.17, 15) is 14.9 Å². The molecule has 138 valence electrons. The van der Waals surface area contributed by atoms with Crippen molar-refractivity contribution in [3.63, 3.8) is 0 Å². The zero-order valence-electron chi connectivity index (χ0n) is 13.9. The smallest absolute Gasteiger partial charge is 0.288 e. The quantitative estimate of drug-likeness (QED) is 0.351. The summed E-state index contributed by atoms with van der Waals surface area (Å²) in [5.74, 6) is 0.704. The maximum absolute atomic E-state index is 12.5. The van der Waals surface area contributed by atoms with Crippen molar-refractivity contribution < 1.29 is 9.34 Å². The first-order valence-corrected chi connectivity index (χ1v) is 8.09. The Morgan fingerprint density at radius 1 is 1.21 bits per heavy atom. The second kappa shape index (κ2) is 5.84. The van der Waals surface area contributed by atoms with Crippen molar-refractivity contribution in [2.24, 2.45) is 0 Å². The van der Waals surface area contributed by atoms with Crippen LogP contribution in [0.5, 0.6) is 0 Å².